The van der Waals surface area contributed by atoms with Gasteiger partial charge in [0.15, 0.2) is 0 Å². The molecule has 0 atom stereocenters. The Bertz CT molecular complexity index is 402. The average Bonchev–Trinajstić information content (AvgIpc) is 2.18. The topological polar surface area (TPSA) is 55.1 Å². The molecule has 3 N–H and O–H groups in total. The zero-order valence-corrected chi connectivity index (χ0v) is 10.1. The summed E-state index contributed by atoms with van der Waals surface area (Å²) in [5.41, 5.74) is 7.54. The number of rotatable bonds is 3. The van der Waals surface area contributed by atoms with E-state index < -0.39 is 0 Å². The summed E-state index contributed by atoms with van der Waals surface area (Å²) in [7, 11) is 0. The standard InChI is InChI=1S/C11H13BrN2O/c1-7(2)6-14-11(15)9-5-8(12)3-4-10(9)13/h3-5H,1,6,13H2,2H3,(H,14,15). The number of carbonyl (C=O) groups excluding carboxylic acids is 1. The number of benzene rings is 1. The van der Waals surface area contributed by atoms with Crippen LogP contribution in [-0.2, 0) is 0 Å². The molecule has 0 aliphatic carbocycles. The van der Waals surface area contributed by atoms with Crippen LogP contribution in [0.5, 0.6) is 0 Å². The molecule has 1 amide bonds. The molecule has 0 heterocycles. The second-order valence-electron chi connectivity index (χ2n) is 3.37. The van der Waals surface area contributed by atoms with Crippen LogP contribution in [0.15, 0.2) is 34.8 Å². The van der Waals surface area contributed by atoms with Crippen molar-refractivity contribution in [3.8, 4) is 0 Å². The SMILES string of the molecule is C=C(C)CNC(=O)c1cc(Br)ccc1N. The van der Waals surface area contributed by atoms with Crippen LogP contribution in [0.25, 0.3) is 0 Å². The lowest BCUT2D eigenvalue weighted by Gasteiger charge is -2.07. The second-order valence-corrected chi connectivity index (χ2v) is 4.29. The van der Waals surface area contributed by atoms with Gasteiger partial charge in [-0.2, -0.15) is 0 Å². The van der Waals surface area contributed by atoms with Gasteiger partial charge >= 0.3 is 0 Å². The molecule has 0 aliphatic rings. The first-order valence-electron chi connectivity index (χ1n) is 4.48. The molecule has 0 aromatic heterocycles. The quantitative estimate of drug-likeness (QED) is 0.653. The monoisotopic (exact) mass is 268 g/mol. The highest BCUT2D eigenvalue weighted by Crippen LogP contribution is 2.18. The van der Waals surface area contributed by atoms with Gasteiger partial charge in [-0.25, -0.2) is 0 Å². The Kier molecular flexibility index (Phi) is 3.91. The molecular formula is C11H13BrN2O. The lowest BCUT2D eigenvalue weighted by Crippen LogP contribution is -2.25. The van der Waals surface area contributed by atoms with Crippen molar-refractivity contribution in [3.05, 3.63) is 40.4 Å². The fourth-order valence-electron chi connectivity index (χ4n) is 1.05. The molecule has 1 rings (SSSR count). The van der Waals surface area contributed by atoms with E-state index in [0.29, 0.717) is 17.8 Å². The summed E-state index contributed by atoms with van der Waals surface area (Å²) in [5, 5.41) is 2.73. The molecule has 0 spiro atoms. The number of halogens is 1. The maximum absolute atomic E-state index is 11.7. The van der Waals surface area contributed by atoms with Crippen LogP contribution in [0, 0.1) is 0 Å². The van der Waals surface area contributed by atoms with Crippen LogP contribution in [0.2, 0.25) is 0 Å². The third-order valence-corrected chi connectivity index (χ3v) is 2.30. The summed E-state index contributed by atoms with van der Waals surface area (Å²) in [6, 6.07) is 5.19. The first-order chi connectivity index (χ1) is 7.00. The second kappa shape index (κ2) is 4.98. The molecule has 0 radical (unpaired) electrons. The molecule has 0 saturated carbocycles. The van der Waals surface area contributed by atoms with Crippen molar-refractivity contribution in [2.24, 2.45) is 0 Å². The van der Waals surface area contributed by atoms with E-state index >= 15 is 0 Å². The first-order valence-corrected chi connectivity index (χ1v) is 5.27. The van der Waals surface area contributed by atoms with Crippen molar-refractivity contribution in [2.75, 3.05) is 12.3 Å². The molecule has 0 saturated heterocycles. The van der Waals surface area contributed by atoms with Crippen LogP contribution >= 0.6 is 15.9 Å². The van der Waals surface area contributed by atoms with E-state index in [9.17, 15) is 4.79 Å². The van der Waals surface area contributed by atoms with E-state index in [0.717, 1.165) is 10.0 Å². The minimum absolute atomic E-state index is 0.184. The molecule has 0 aliphatic heterocycles. The fourth-order valence-corrected chi connectivity index (χ4v) is 1.41. The van der Waals surface area contributed by atoms with Crippen LogP contribution in [0.1, 0.15) is 17.3 Å². The van der Waals surface area contributed by atoms with Crippen molar-refractivity contribution in [3.63, 3.8) is 0 Å². The van der Waals surface area contributed by atoms with Gasteiger partial charge in [-0.1, -0.05) is 28.1 Å². The summed E-state index contributed by atoms with van der Waals surface area (Å²) in [5.74, 6) is -0.184. The molecule has 80 valence electrons. The van der Waals surface area contributed by atoms with Crippen molar-refractivity contribution in [1.29, 1.82) is 0 Å². The number of amides is 1. The number of nitrogens with one attached hydrogen (secondary N) is 1. The Morgan fingerprint density at radius 2 is 2.27 bits per heavy atom. The Balaban J connectivity index is 2.81. The lowest BCUT2D eigenvalue weighted by atomic mass is 10.1. The Morgan fingerprint density at radius 1 is 1.60 bits per heavy atom. The summed E-state index contributed by atoms with van der Waals surface area (Å²) in [4.78, 5) is 11.7. The van der Waals surface area contributed by atoms with Gasteiger partial charge < -0.3 is 11.1 Å². The van der Waals surface area contributed by atoms with E-state index in [2.05, 4.69) is 27.8 Å². The van der Waals surface area contributed by atoms with Gasteiger partial charge in [0.2, 0.25) is 0 Å². The molecule has 0 bridgehead atoms. The Labute approximate surface area is 97.5 Å². The fraction of sp³-hybridized carbons (Fsp3) is 0.182. The van der Waals surface area contributed by atoms with Gasteiger partial charge in [0.1, 0.15) is 0 Å². The van der Waals surface area contributed by atoms with E-state index in [1.54, 1.807) is 18.2 Å². The van der Waals surface area contributed by atoms with Gasteiger partial charge in [-0.15, -0.1) is 0 Å². The maximum atomic E-state index is 11.7. The Hall–Kier alpha value is -1.29. The largest absolute Gasteiger partial charge is 0.398 e. The molecule has 0 fully saturated rings. The predicted molar refractivity (Wildman–Crippen MR) is 65.7 cm³/mol. The van der Waals surface area contributed by atoms with Crippen LogP contribution in [0.3, 0.4) is 0 Å². The number of carbonyl (C=O) groups is 1. The summed E-state index contributed by atoms with van der Waals surface area (Å²) >= 11 is 3.29. The molecule has 4 heteroatoms. The number of nitrogens with two attached hydrogens (primary N) is 1. The Morgan fingerprint density at radius 3 is 2.87 bits per heavy atom. The number of anilines is 1. The number of hydrogen-bond acceptors (Lipinski definition) is 2. The molecule has 1 aromatic carbocycles. The van der Waals surface area contributed by atoms with Gasteiger partial charge in [0.05, 0.1) is 5.56 Å². The van der Waals surface area contributed by atoms with Gasteiger partial charge in [0.25, 0.3) is 5.91 Å². The highest BCUT2D eigenvalue weighted by atomic mass is 79.9. The third kappa shape index (κ3) is 3.40. The zero-order valence-electron chi connectivity index (χ0n) is 8.51. The minimum atomic E-state index is -0.184. The van der Waals surface area contributed by atoms with Gasteiger partial charge in [0, 0.05) is 16.7 Å². The summed E-state index contributed by atoms with van der Waals surface area (Å²) < 4.78 is 0.831. The van der Waals surface area contributed by atoms with Crippen LogP contribution in [0.4, 0.5) is 5.69 Å². The van der Waals surface area contributed by atoms with Crippen molar-refractivity contribution >= 4 is 27.5 Å². The highest BCUT2D eigenvalue weighted by molar-refractivity contribution is 9.10. The van der Waals surface area contributed by atoms with Gasteiger partial charge in [-0.05, 0) is 25.1 Å². The van der Waals surface area contributed by atoms with Crippen LogP contribution < -0.4 is 11.1 Å². The van der Waals surface area contributed by atoms with Crippen molar-refractivity contribution < 1.29 is 4.79 Å². The van der Waals surface area contributed by atoms with Crippen molar-refractivity contribution in [1.82, 2.24) is 5.32 Å². The van der Waals surface area contributed by atoms with E-state index in [-0.39, 0.29) is 5.91 Å². The minimum Gasteiger partial charge on any atom is -0.398 e. The summed E-state index contributed by atoms with van der Waals surface area (Å²) in [6.07, 6.45) is 0. The maximum Gasteiger partial charge on any atom is 0.253 e. The smallest absolute Gasteiger partial charge is 0.253 e. The lowest BCUT2D eigenvalue weighted by molar-refractivity contribution is 0.0958. The van der Waals surface area contributed by atoms with Crippen LogP contribution in [-0.4, -0.2) is 12.5 Å². The zero-order chi connectivity index (χ0) is 11.4. The van der Waals surface area contributed by atoms with Gasteiger partial charge in [-0.3, -0.25) is 4.79 Å². The van der Waals surface area contributed by atoms with Crippen molar-refractivity contribution in [2.45, 2.75) is 6.92 Å². The molecular weight excluding hydrogens is 256 g/mol. The predicted octanol–water partition coefficient (Wildman–Crippen LogP) is 2.34. The average molecular weight is 269 g/mol. The highest BCUT2D eigenvalue weighted by Gasteiger charge is 2.09. The third-order valence-electron chi connectivity index (χ3n) is 1.81. The first kappa shape index (κ1) is 11.8. The number of hydrogen-bond donors (Lipinski definition) is 2. The molecule has 3 nitrogen and oxygen atoms in total. The molecule has 0 unspecified atom stereocenters. The van der Waals surface area contributed by atoms with E-state index in [1.165, 1.54) is 0 Å². The summed E-state index contributed by atoms with van der Waals surface area (Å²) in [6.45, 7) is 6.02. The molecule has 1 aromatic rings. The van der Waals surface area contributed by atoms with E-state index in [1.807, 2.05) is 6.92 Å². The normalized spacial score (nSPS) is 9.73. The molecule has 15 heavy (non-hydrogen) atoms. The van der Waals surface area contributed by atoms with E-state index in [4.69, 9.17) is 5.73 Å². The number of nitrogen functional groups attached to an aromatic ring is 1.